The lowest BCUT2D eigenvalue weighted by molar-refractivity contribution is -0.277. The van der Waals surface area contributed by atoms with E-state index in [0.717, 1.165) is 27.8 Å². The lowest BCUT2D eigenvalue weighted by atomic mass is 9.86. The van der Waals surface area contributed by atoms with Crippen LogP contribution >= 0.6 is 0 Å². The van der Waals surface area contributed by atoms with E-state index in [9.17, 15) is 5.11 Å². The number of hydrogen-bond donors (Lipinski definition) is 1. The summed E-state index contributed by atoms with van der Waals surface area (Å²) in [6.45, 7) is 6.14. The van der Waals surface area contributed by atoms with Gasteiger partial charge in [-0.2, -0.15) is 0 Å². The first-order valence-electron chi connectivity index (χ1n) is 21.4. The molecule has 10 heteroatoms. The highest BCUT2D eigenvalue weighted by Gasteiger charge is 2.61. The van der Waals surface area contributed by atoms with Crippen molar-refractivity contribution in [1.82, 2.24) is 0 Å². The fourth-order valence-corrected chi connectivity index (χ4v) is 8.24. The lowest BCUT2D eigenvalue weighted by Gasteiger charge is -2.47. The van der Waals surface area contributed by atoms with Gasteiger partial charge in [-0.1, -0.05) is 152 Å². The fraction of sp³-hybridized carbons (Fsp3) is 0.412. The molecule has 3 aliphatic rings. The van der Waals surface area contributed by atoms with Crippen LogP contribution in [0.2, 0.25) is 0 Å². The summed E-state index contributed by atoms with van der Waals surface area (Å²) >= 11 is 0. The van der Waals surface area contributed by atoms with Crippen molar-refractivity contribution >= 4 is 0 Å². The third-order valence-electron chi connectivity index (χ3n) is 11.6. The van der Waals surface area contributed by atoms with E-state index < -0.39 is 60.2 Å². The van der Waals surface area contributed by atoms with E-state index in [1.165, 1.54) is 0 Å². The summed E-state index contributed by atoms with van der Waals surface area (Å²) in [7, 11) is 0. The van der Waals surface area contributed by atoms with Gasteiger partial charge in [0.15, 0.2) is 5.79 Å². The number of benzene rings is 5. The maximum absolute atomic E-state index is 12.5. The quantitative estimate of drug-likeness (QED) is 0.0578. The summed E-state index contributed by atoms with van der Waals surface area (Å²) in [5, 5.41) is 12.5. The highest BCUT2D eigenvalue weighted by molar-refractivity contribution is 5.18. The van der Waals surface area contributed by atoms with Crippen molar-refractivity contribution in [2.24, 2.45) is 0 Å². The van der Waals surface area contributed by atoms with Gasteiger partial charge in [0.1, 0.15) is 48.3 Å². The molecule has 0 radical (unpaired) electrons. The Morgan fingerprint density at radius 1 is 0.557 bits per heavy atom. The van der Waals surface area contributed by atoms with Crippen molar-refractivity contribution < 1.29 is 47.7 Å². The topological polar surface area (TPSA) is 107 Å². The summed E-state index contributed by atoms with van der Waals surface area (Å²) in [6, 6.07) is 50.2. The minimum Gasteiger partial charge on any atom is -0.387 e. The molecule has 0 saturated carbocycles. The second kappa shape index (κ2) is 20.7. The molecule has 3 aliphatic heterocycles. The number of ether oxygens (including phenoxy) is 9. The van der Waals surface area contributed by atoms with Gasteiger partial charge < -0.3 is 47.7 Å². The Labute approximate surface area is 359 Å². The zero-order valence-electron chi connectivity index (χ0n) is 35.0. The number of hydrogen-bond acceptors (Lipinski definition) is 10. The van der Waals surface area contributed by atoms with E-state index in [4.69, 9.17) is 42.6 Å². The minimum atomic E-state index is -1.10. The Morgan fingerprint density at radius 3 is 1.43 bits per heavy atom. The van der Waals surface area contributed by atoms with Gasteiger partial charge in [0.05, 0.1) is 59.0 Å². The first-order valence-corrected chi connectivity index (χ1v) is 21.4. The zero-order valence-corrected chi connectivity index (χ0v) is 35.0. The zero-order chi connectivity index (χ0) is 41.9. The molecule has 5 aromatic rings. The van der Waals surface area contributed by atoms with E-state index >= 15 is 0 Å². The Balaban J connectivity index is 1.11. The first-order chi connectivity index (χ1) is 29.8. The van der Waals surface area contributed by atoms with Crippen molar-refractivity contribution in [1.29, 1.82) is 0 Å². The molecule has 8 rings (SSSR count). The van der Waals surface area contributed by atoms with Gasteiger partial charge in [-0.25, -0.2) is 0 Å². The van der Waals surface area contributed by atoms with Crippen molar-refractivity contribution in [2.45, 2.75) is 114 Å². The SMILES string of the molecule is CC1(C)OC[C@H]([C@@H](OCc2ccccc2)[C@H](O)[C@]2(C[C@H]3O[C@H](COCc4ccccc4)[C@@H](OCc4ccccc4)[C@H](OCc4ccccc4)[C@H]3OCc3ccccc3)[13CH2]O2)O1. The smallest absolute Gasteiger partial charge is 0.163 e. The van der Waals surface area contributed by atoms with Gasteiger partial charge in [-0.05, 0) is 41.7 Å². The van der Waals surface area contributed by atoms with E-state index in [0.29, 0.717) is 33.0 Å². The predicted molar refractivity (Wildman–Crippen MR) is 229 cm³/mol. The molecule has 5 aromatic carbocycles. The molecule has 0 amide bonds. The summed E-state index contributed by atoms with van der Waals surface area (Å²) in [6.07, 6.45) is -5.15. The standard InChI is InChI=1S/C51H58O10/c1-50(2)58-35-44(61-50)47(56-32-40-24-14-6-15-25-40)49(52)51(36-59-51)28-42-45(54-30-38-20-10-4-11-21-38)48(57-33-41-26-16-7-17-27-41)46(55-31-39-22-12-5-13-23-39)43(60-42)34-53-29-37-18-8-3-9-19-37/h3-27,42-49,52H,28-36H2,1-2H3/t42-,43-,44-,45+,46-,47-,48-,49+,51+/m1/s1/i36+1. The van der Waals surface area contributed by atoms with Crippen molar-refractivity contribution in [2.75, 3.05) is 19.8 Å². The molecule has 0 aromatic heterocycles. The Kier molecular flexibility index (Phi) is 14.7. The molecule has 9 atom stereocenters. The van der Waals surface area contributed by atoms with Gasteiger partial charge >= 0.3 is 0 Å². The van der Waals surface area contributed by atoms with Gasteiger partial charge in [-0.15, -0.1) is 0 Å². The van der Waals surface area contributed by atoms with Crippen molar-refractivity contribution in [3.05, 3.63) is 179 Å². The van der Waals surface area contributed by atoms with Crippen molar-refractivity contribution in [3.8, 4) is 0 Å². The molecule has 0 aliphatic carbocycles. The van der Waals surface area contributed by atoms with Crippen LogP contribution in [0.4, 0.5) is 0 Å². The van der Waals surface area contributed by atoms with Crippen LogP contribution in [0.15, 0.2) is 152 Å². The molecular formula is C51H58O10. The van der Waals surface area contributed by atoms with Gasteiger partial charge in [-0.3, -0.25) is 0 Å². The lowest BCUT2D eigenvalue weighted by Crippen LogP contribution is -2.62. The molecule has 1 N–H and O–H groups in total. The van der Waals surface area contributed by atoms with Crippen LogP contribution in [-0.4, -0.2) is 85.1 Å². The number of epoxide rings is 1. The van der Waals surface area contributed by atoms with Crippen LogP contribution in [0, 0.1) is 0 Å². The molecule has 0 spiro atoms. The van der Waals surface area contributed by atoms with Gasteiger partial charge in [0.25, 0.3) is 0 Å². The number of rotatable bonds is 21. The third-order valence-corrected chi connectivity index (χ3v) is 11.6. The molecule has 0 unspecified atom stereocenters. The highest BCUT2D eigenvalue weighted by atomic mass is 16.8. The second-order valence-corrected chi connectivity index (χ2v) is 16.6. The van der Waals surface area contributed by atoms with Crippen molar-refractivity contribution in [3.63, 3.8) is 0 Å². The Morgan fingerprint density at radius 2 is 0.984 bits per heavy atom. The number of aliphatic hydroxyl groups excluding tert-OH is 1. The van der Waals surface area contributed by atoms with Crippen LogP contribution in [-0.2, 0) is 75.7 Å². The summed E-state index contributed by atoms with van der Waals surface area (Å²) < 4.78 is 59.6. The minimum absolute atomic E-state index is 0.225. The molecular weight excluding hydrogens is 774 g/mol. The average molecular weight is 832 g/mol. The monoisotopic (exact) mass is 831 g/mol. The van der Waals surface area contributed by atoms with Crippen LogP contribution in [0.3, 0.4) is 0 Å². The molecule has 322 valence electrons. The second-order valence-electron chi connectivity index (χ2n) is 16.6. The van der Waals surface area contributed by atoms with E-state index in [1.54, 1.807) is 0 Å². The Hall–Kier alpha value is -4.30. The third kappa shape index (κ3) is 11.8. The molecule has 10 nitrogen and oxygen atoms in total. The molecule has 3 heterocycles. The summed E-state index contributed by atoms with van der Waals surface area (Å²) in [4.78, 5) is 0. The average Bonchev–Trinajstić information content (AvgIpc) is 3.99. The maximum Gasteiger partial charge on any atom is 0.163 e. The van der Waals surface area contributed by atoms with E-state index in [-0.39, 0.29) is 26.2 Å². The molecule has 0 bridgehead atoms. The normalized spacial score (nSPS) is 26.7. The van der Waals surface area contributed by atoms with Crippen LogP contribution in [0.1, 0.15) is 48.1 Å². The maximum atomic E-state index is 12.5. The summed E-state index contributed by atoms with van der Waals surface area (Å²) in [5.41, 5.74) is 4.04. The van der Waals surface area contributed by atoms with Crippen LogP contribution in [0.25, 0.3) is 0 Å². The largest absolute Gasteiger partial charge is 0.387 e. The van der Waals surface area contributed by atoms with Crippen LogP contribution < -0.4 is 0 Å². The fourth-order valence-electron chi connectivity index (χ4n) is 8.24. The number of aliphatic hydroxyl groups is 1. The van der Waals surface area contributed by atoms with Crippen LogP contribution in [0.5, 0.6) is 0 Å². The first kappa shape index (κ1) is 43.4. The Bertz CT molecular complexity index is 2020. The van der Waals surface area contributed by atoms with Gasteiger partial charge in [0.2, 0.25) is 0 Å². The molecule has 3 fully saturated rings. The predicted octanol–water partition coefficient (Wildman–Crippen LogP) is 7.98. The van der Waals surface area contributed by atoms with E-state index in [2.05, 4.69) is 0 Å². The summed E-state index contributed by atoms with van der Waals surface area (Å²) in [5.74, 6) is -0.829. The van der Waals surface area contributed by atoms with Gasteiger partial charge in [0, 0.05) is 6.42 Å². The molecule has 3 saturated heterocycles. The molecule has 61 heavy (non-hydrogen) atoms. The van der Waals surface area contributed by atoms with E-state index in [1.807, 2.05) is 166 Å². The highest BCUT2D eigenvalue weighted by Crippen LogP contribution is 2.44.